The third-order valence-corrected chi connectivity index (χ3v) is 3.30. The van der Waals surface area contributed by atoms with Gasteiger partial charge in [0.2, 0.25) is 0 Å². The van der Waals surface area contributed by atoms with Gasteiger partial charge < -0.3 is 18.9 Å². The van der Waals surface area contributed by atoms with E-state index in [1.807, 2.05) is 48.6 Å². The fourth-order valence-corrected chi connectivity index (χ4v) is 2.10. The Morgan fingerprint density at radius 1 is 0.636 bits per heavy atom. The molecule has 0 N–H and O–H groups in total. The average molecular weight is 300 g/mol. The second-order valence-electron chi connectivity index (χ2n) is 4.56. The zero-order valence-electron chi connectivity index (χ0n) is 13.3. The summed E-state index contributed by atoms with van der Waals surface area (Å²) in [6, 6.07) is 11.5. The molecule has 0 saturated heterocycles. The van der Waals surface area contributed by atoms with Crippen molar-refractivity contribution in [3.05, 3.63) is 47.5 Å². The molecule has 0 fully saturated rings. The fraction of sp³-hybridized carbons (Fsp3) is 0.222. The lowest BCUT2D eigenvalue weighted by atomic mass is 10.1. The zero-order chi connectivity index (χ0) is 15.9. The van der Waals surface area contributed by atoms with Crippen LogP contribution in [0.5, 0.6) is 23.0 Å². The van der Waals surface area contributed by atoms with Crippen LogP contribution in [0.1, 0.15) is 11.1 Å². The van der Waals surface area contributed by atoms with Crippen molar-refractivity contribution in [2.75, 3.05) is 28.4 Å². The van der Waals surface area contributed by atoms with Crippen LogP contribution in [0.4, 0.5) is 0 Å². The summed E-state index contributed by atoms with van der Waals surface area (Å²) in [7, 11) is 6.52. The van der Waals surface area contributed by atoms with Crippen LogP contribution in [-0.2, 0) is 0 Å². The van der Waals surface area contributed by atoms with Crippen molar-refractivity contribution in [3.63, 3.8) is 0 Å². The Labute approximate surface area is 130 Å². The van der Waals surface area contributed by atoms with Crippen LogP contribution >= 0.6 is 0 Å². The van der Waals surface area contributed by atoms with Gasteiger partial charge in [-0.15, -0.1) is 0 Å². The molecule has 0 unspecified atom stereocenters. The summed E-state index contributed by atoms with van der Waals surface area (Å²) in [4.78, 5) is 0. The summed E-state index contributed by atoms with van der Waals surface area (Å²) in [5.74, 6) is 2.93. The van der Waals surface area contributed by atoms with Gasteiger partial charge in [0.1, 0.15) is 11.5 Å². The first-order valence-corrected chi connectivity index (χ1v) is 6.84. The van der Waals surface area contributed by atoms with E-state index < -0.39 is 0 Å². The molecule has 0 saturated carbocycles. The Bertz CT molecular complexity index is 662. The molecule has 0 bridgehead atoms. The van der Waals surface area contributed by atoms with Crippen molar-refractivity contribution >= 4 is 12.2 Å². The van der Waals surface area contributed by atoms with E-state index in [1.54, 1.807) is 28.4 Å². The second kappa shape index (κ2) is 7.41. The maximum atomic E-state index is 5.38. The minimum absolute atomic E-state index is 0.700. The van der Waals surface area contributed by atoms with Gasteiger partial charge in [0.05, 0.1) is 28.4 Å². The second-order valence-corrected chi connectivity index (χ2v) is 4.56. The Hall–Kier alpha value is -2.62. The van der Waals surface area contributed by atoms with E-state index in [0.29, 0.717) is 11.5 Å². The summed E-state index contributed by atoms with van der Waals surface area (Å²) in [6.07, 6.45) is 3.98. The number of ether oxygens (including phenoxy) is 4. The third kappa shape index (κ3) is 3.52. The highest BCUT2D eigenvalue weighted by atomic mass is 16.5. The largest absolute Gasteiger partial charge is 0.497 e. The van der Waals surface area contributed by atoms with Crippen molar-refractivity contribution in [1.29, 1.82) is 0 Å². The summed E-state index contributed by atoms with van der Waals surface area (Å²) >= 11 is 0. The van der Waals surface area contributed by atoms with Crippen molar-refractivity contribution in [3.8, 4) is 23.0 Å². The highest BCUT2D eigenvalue weighted by Crippen LogP contribution is 2.29. The van der Waals surface area contributed by atoms with Gasteiger partial charge in [0.15, 0.2) is 11.5 Å². The molecular formula is C18H20O4. The molecule has 0 aliphatic carbocycles. The van der Waals surface area contributed by atoms with Crippen LogP contribution in [0.3, 0.4) is 0 Å². The van der Waals surface area contributed by atoms with Gasteiger partial charge in [-0.25, -0.2) is 0 Å². The van der Waals surface area contributed by atoms with E-state index in [0.717, 1.165) is 22.6 Å². The molecule has 22 heavy (non-hydrogen) atoms. The standard InChI is InChI=1S/C18H20O4/c1-19-15-9-8-14(17(12-15)21-3)7-5-13-6-10-16(20-2)18(11-13)22-4/h5-12H,1-4H3/b7-5+. The Morgan fingerprint density at radius 3 is 2.00 bits per heavy atom. The first-order valence-electron chi connectivity index (χ1n) is 6.84. The monoisotopic (exact) mass is 300 g/mol. The number of benzene rings is 2. The van der Waals surface area contributed by atoms with E-state index in [2.05, 4.69) is 0 Å². The summed E-state index contributed by atoms with van der Waals surface area (Å²) < 4.78 is 21.1. The molecule has 4 heteroatoms. The Balaban J connectivity index is 2.28. The quantitative estimate of drug-likeness (QED) is 0.758. The number of hydrogen-bond acceptors (Lipinski definition) is 4. The van der Waals surface area contributed by atoms with Crippen LogP contribution in [0.25, 0.3) is 12.2 Å². The average Bonchev–Trinajstić information content (AvgIpc) is 2.59. The molecule has 0 atom stereocenters. The third-order valence-electron chi connectivity index (χ3n) is 3.30. The smallest absolute Gasteiger partial charge is 0.161 e. The molecule has 0 heterocycles. The minimum atomic E-state index is 0.700. The van der Waals surface area contributed by atoms with Gasteiger partial charge in [0, 0.05) is 11.6 Å². The van der Waals surface area contributed by atoms with Crippen molar-refractivity contribution < 1.29 is 18.9 Å². The van der Waals surface area contributed by atoms with Gasteiger partial charge in [-0.3, -0.25) is 0 Å². The molecule has 116 valence electrons. The van der Waals surface area contributed by atoms with Gasteiger partial charge in [0.25, 0.3) is 0 Å². The molecule has 0 radical (unpaired) electrons. The predicted octanol–water partition coefficient (Wildman–Crippen LogP) is 3.89. The van der Waals surface area contributed by atoms with Crippen LogP contribution < -0.4 is 18.9 Å². The molecule has 0 aliphatic heterocycles. The molecule has 0 amide bonds. The molecule has 2 aromatic rings. The topological polar surface area (TPSA) is 36.9 Å². The number of methoxy groups -OCH3 is 4. The van der Waals surface area contributed by atoms with Gasteiger partial charge >= 0.3 is 0 Å². The van der Waals surface area contributed by atoms with Crippen molar-refractivity contribution in [2.24, 2.45) is 0 Å². The molecule has 0 aliphatic rings. The van der Waals surface area contributed by atoms with Crippen molar-refractivity contribution in [1.82, 2.24) is 0 Å². The first kappa shape index (κ1) is 15.8. The van der Waals surface area contributed by atoms with E-state index in [-0.39, 0.29) is 0 Å². The zero-order valence-corrected chi connectivity index (χ0v) is 13.3. The lowest BCUT2D eigenvalue weighted by Gasteiger charge is -2.08. The van der Waals surface area contributed by atoms with E-state index in [1.165, 1.54) is 0 Å². The molecule has 4 nitrogen and oxygen atoms in total. The van der Waals surface area contributed by atoms with Crippen LogP contribution in [0, 0.1) is 0 Å². The highest BCUT2D eigenvalue weighted by Gasteiger charge is 2.04. The normalized spacial score (nSPS) is 10.5. The minimum Gasteiger partial charge on any atom is -0.497 e. The van der Waals surface area contributed by atoms with Gasteiger partial charge in [-0.2, -0.15) is 0 Å². The highest BCUT2D eigenvalue weighted by molar-refractivity contribution is 5.74. The van der Waals surface area contributed by atoms with Gasteiger partial charge in [-0.05, 0) is 29.8 Å². The molecule has 0 aromatic heterocycles. The van der Waals surface area contributed by atoms with Crippen LogP contribution in [-0.4, -0.2) is 28.4 Å². The fourth-order valence-electron chi connectivity index (χ4n) is 2.10. The van der Waals surface area contributed by atoms with E-state index in [9.17, 15) is 0 Å². The van der Waals surface area contributed by atoms with Crippen LogP contribution in [0.2, 0.25) is 0 Å². The van der Waals surface area contributed by atoms with E-state index in [4.69, 9.17) is 18.9 Å². The van der Waals surface area contributed by atoms with Crippen molar-refractivity contribution in [2.45, 2.75) is 0 Å². The summed E-state index contributed by atoms with van der Waals surface area (Å²) in [5.41, 5.74) is 1.98. The Morgan fingerprint density at radius 2 is 1.36 bits per heavy atom. The maximum absolute atomic E-state index is 5.38. The molecule has 0 spiro atoms. The first-order chi connectivity index (χ1) is 10.7. The lowest BCUT2D eigenvalue weighted by molar-refractivity contribution is 0.355. The SMILES string of the molecule is COc1ccc(/C=C/c2ccc(OC)c(OC)c2)c(OC)c1. The molecule has 2 rings (SSSR count). The molecular weight excluding hydrogens is 280 g/mol. The van der Waals surface area contributed by atoms with Crippen LogP contribution in [0.15, 0.2) is 36.4 Å². The van der Waals surface area contributed by atoms with Gasteiger partial charge in [-0.1, -0.05) is 18.2 Å². The summed E-state index contributed by atoms with van der Waals surface area (Å²) in [6.45, 7) is 0. The Kier molecular flexibility index (Phi) is 5.31. The summed E-state index contributed by atoms with van der Waals surface area (Å²) in [5, 5.41) is 0. The number of rotatable bonds is 6. The maximum Gasteiger partial charge on any atom is 0.161 e. The van der Waals surface area contributed by atoms with E-state index >= 15 is 0 Å². The molecule has 2 aromatic carbocycles. The lowest BCUT2D eigenvalue weighted by Crippen LogP contribution is -1.91. The predicted molar refractivity (Wildman–Crippen MR) is 88.0 cm³/mol. The number of hydrogen-bond donors (Lipinski definition) is 0.